The van der Waals surface area contributed by atoms with Gasteiger partial charge < -0.3 is 4.57 Å². The molecule has 3 heterocycles. The molecule has 0 fully saturated rings. The molecule has 0 aliphatic rings. The minimum atomic E-state index is -0.289. The molecule has 4 heteroatoms. The molecule has 0 N–H and O–H groups in total. The summed E-state index contributed by atoms with van der Waals surface area (Å²) in [7, 11) is 0. The van der Waals surface area contributed by atoms with Crippen LogP contribution >= 0.6 is 0 Å². The predicted molar refractivity (Wildman–Crippen MR) is 206 cm³/mol. The van der Waals surface area contributed by atoms with E-state index in [0.717, 1.165) is 65.7 Å². The average molecular weight is 631 g/mol. The first-order chi connectivity index (χ1) is 24.1. The van der Waals surface area contributed by atoms with Gasteiger partial charge >= 0.3 is 0 Å². The summed E-state index contributed by atoms with van der Waals surface area (Å²) >= 11 is 0. The van der Waals surface area contributed by atoms with Crippen LogP contribution in [0, 0.1) is 0 Å². The normalized spacial score (nSPS) is 12.5. The van der Waals surface area contributed by atoms with Crippen LogP contribution in [0.4, 0.5) is 0 Å². The van der Waals surface area contributed by atoms with Gasteiger partial charge in [-0.1, -0.05) is 115 Å². The van der Waals surface area contributed by atoms with Crippen LogP contribution in [0.15, 0.2) is 167 Å². The minimum Gasteiger partial charge on any atom is -0.309 e. The zero-order valence-corrected chi connectivity index (χ0v) is 26.8. The zero-order valence-electron chi connectivity index (χ0n) is 26.8. The number of aromatic nitrogens is 2. The summed E-state index contributed by atoms with van der Waals surface area (Å²) in [5.74, 6) is 0. The molecular weight excluding hydrogens is 601 g/mol. The van der Waals surface area contributed by atoms with Gasteiger partial charge in [-0.05, 0) is 82.9 Å². The number of pyridine rings is 2. The minimum absolute atomic E-state index is 0.289. The Balaban J connectivity index is 1.40. The monoisotopic (exact) mass is 630 g/mol. The number of allylic oxidation sites excluding steroid dienone is 5. The molecule has 9 aromatic rings. The number of fused-ring (bicyclic) bond motifs is 7. The lowest BCUT2D eigenvalue weighted by Crippen LogP contribution is -2.27. The molecule has 9 rings (SSSR count). The molecule has 0 aliphatic heterocycles. The molecule has 0 saturated heterocycles. The molecule has 3 aromatic heterocycles. The highest BCUT2D eigenvalue weighted by atomic mass is 16.2. The highest BCUT2D eigenvalue weighted by Crippen LogP contribution is 2.39. The van der Waals surface area contributed by atoms with Crippen LogP contribution < -0.4 is 11.1 Å². The molecule has 0 unspecified atom stereocenters. The first-order valence-corrected chi connectivity index (χ1v) is 16.5. The van der Waals surface area contributed by atoms with E-state index in [-0.39, 0.29) is 11.1 Å². The fourth-order valence-electron chi connectivity index (χ4n) is 7.38. The van der Waals surface area contributed by atoms with E-state index in [0.29, 0.717) is 16.3 Å². The number of benzene rings is 6. The third-order valence-corrected chi connectivity index (χ3v) is 9.59. The van der Waals surface area contributed by atoms with Gasteiger partial charge in [0.1, 0.15) is 0 Å². The Morgan fingerprint density at radius 3 is 1.69 bits per heavy atom. The van der Waals surface area contributed by atoms with Crippen molar-refractivity contribution < 1.29 is 0 Å². The van der Waals surface area contributed by atoms with Crippen molar-refractivity contribution in [3.8, 4) is 16.8 Å². The maximum Gasteiger partial charge on any atom is 0.266 e. The second-order valence-electron chi connectivity index (χ2n) is 12.4. The topological polar surface area (TPSA) is 43.5 Å². The molecule has 232 valence electrons. The number of hydrogen-bond acceptors (Lipinski definition) is 2. The standard InChI is InChI=1S/C45H30N2O2/c1-2-3-4-5-7-14-29-21-23-41-37(25-29)38-26-31(30-15-8-6-9-16-30)22-24-42(38)46(41)32-27-39-33-17-10-12-19-35(33)44(48)47-43(39)40(28-32)34-18-11-13-20-36(34)45(47)49/h2-28H,1H3/b3-2-,5-4+,14-7+. The Morgan fingerprint density at radius 2 is 1.04 bits per heavy atom. The predicted octanol–water partition coefficient (Wildman–Crippen LogP) is 10.5. The SMILES string of the molecule is C\C=C/C=C/C=C/c1ccc2c(c1)c1cc(-c3ccccc3)ccc1n2-c1cc2c3ccccc3c(=O)n3c(=O)c4ccccc4c(c1)c23. The maximum absolute atomic E-state index is 13.9. The van der Waals surface area contributed by atoms with Crippen molar-refractivity contribution in [3.63, 3.8) is 0 Å². The first kappa shape index (κ1) is 28.7. The van der Waals surface area contributed by atoms with Gasteiger partial charge in [0.2, 0.25) is 0 Å². The van der Waals surface area contributed by atoms with Gasteiger partial charge in [-0.15, -0.1) is 0 Å². The van der Waals surface area contributed by atoms with Gasteiger partial charge in [0.05, 0.1) is 16.6 Å². The Labute approximate surface area is 281 Å². The number of rotatable bonds is 5. The lowest BCUT2D eigenvalue weighted by Gasteiger charge is -2.16. The van der Waals surface area contributed by atoms with E-state index in [1.165, 1.54) is 4.40 Å². The second-order valence-corrected chi connectivity index (χ2v) is 12.4. The number of hydrogen-bond donors (Lipinski definition) is 0. The van der Waals surface area contributed by atoms with E-state index in [1.807, 2.05) is 85.8 Å². The van der Waals surface area contributed by atoms with Crippen LogP contribution in [-0.2, 0) is 0 Å². The van der Waals surface area contributed by atoms with Crippen molar-refractivity contribution in [3.05, 3.63) is 184 Å². The van der Waals surface area contributed by atoms with Gasteiger partial charge in [-0.25, -0.2) is 4.40 Å². The van der Waals surface area contributed by atoms with E-state index in [4.69, 9.17) is 0 Å². The summed E-state index contributed by atoms with van der Waals surface area (Å²) in [5.41, 5.74) is 6.62. The van der Waals surface area contributed by atoms with Crippen LogP contribution in [0.1, 0.15) is 12.5 Å². The summed E-state index contributed by atoms with van der Waals surface area (Å²) in [6.45, 7) is 2.01. The molecule has 0 amide bonds. The van der Waals surface area contributed by atoms with Gasteiger partial charge in [0, 0.05) is 38.0 Å². The van der Waals surface area contributed by atoms with E-state index in [9.17, 15) is 9.59 Å². The summed E-state index contributed by atoms with van der Waals surface area (Å²) in [5, 5.41) is 6.75. The van der Waals surface area contributed by atoms with Crippen LogP contribution in [0.5, 0.6) is 0 Å². The summed E-state index contributed by atoms with van der Waals surface area (Å²) < 4.78 is 3.69. The van der Waals surface area contributed by atoms with Gasteiger partial charge in [0.25, 0.3) is 11.1 Å². The zero-order chi connectivity index (χ0) is 33.1. The molecule has 0 aliphatic carbocycles. The smallest absolute Gasteiger partial charge is 0.266 e. The lowest BCUT2D eigenvalue weighted by molar-refractivity contribution is 1.09. The Kier molecular flexibility index (Phi) is 6.63. The summed E-state index contributed by atoms with van der Waals surface area (Å²) in [4.78, 5) is 27.7. The second kappa shape index (κ2) is 11.3. The highest BCUT2D eigenvalue weighted by Gasteiger charge is 2.20. The third kappa shape index (κ3) is 4.45. The van der Waals surface area contributed by atoms with Crippen molar-refractivity contribution in [2.45, 2.75) is 6.92 Å². The molecule has 0 atom stereocenters. The lowest BCUT2D eigenvalue weighted by atomic mass is 9.98. The van der Waals surface area contributed by atoms with E-state index < -0.39 is 0 Å². The first-order valence-electron chi connectivity index (χ1n) is 16.5. The quantitative estimate of drug-likeness (QED) is 0.108. The molecular formula is C45H30N2O2. The fourth-order valence-corrected chi connectivity index (χ4v) is 7.38. The highest BCUT2D eigenvalue weighted by molar-refractivity contribution is 6.19. The molecule has 49 heavy (non-hydrogen) atoms. The Morgan fingerprint density at radius 1 is 0.469 bits per heavy atom. The maximum atomic E-state index is 13.9. The van der Waals surface area contributed by atoms with Gasteiger partial charge in [0.15, 0.2) is 0 Å². The molecule has 0 saturated carbocycles. The average Bonchev–Trinajstić information content (AvgIpc) is 3.47. The molecule has 0 radical (unpaired) electrons. The van der Waals surface area contributed by atoms with Crippen molar-refractivity contribution in [1.82, 2.24) is 8.97 Å². The largest absolute Gasteiger partial charge is 0.309 e. The van der Waals surface area contributed by atoms with E-state index in [1.54, 1.807) is 0 Å². The van der Waals surface area contributed by atoms with Crippen LogP contribution in [0.2, 0.25) is 0 Å². The Hall–Kier alpha value is -6.52. The van der Waals surface area contributed by atoms with Crippen LogP contribution in [-0.4, -0.2) is 8.97 Å². The summed E-state index contributed by atoms with van der Waals surface area (Å²) in [6, 6.07) is 43.2. The van der Waals surface area contributed by atoms with Crippen molar-refractivity contribution in [1.29, 1.82) is 0 Å². The molecule has 6 aromatic carbocycles. The van der Waals surface area contributed by atoms with Gasteiger partial charge in [-0.3, -0.25) is 9.59 Å². The van der Waals surface area contributed by atoms with Gasteiger partial charge in [-0.2, -0.15) is 0 Å². The van der Waals surface area contributed by atoms with E-state index in [2.05, 4.69) is 89.5 Å². The van der Waals surface area contributed by atoms with E-state index >= 15 is 0 Å². The van der Waals surface area contributed by atoms with Crippen molar-refractivity contribution >= 4 is 65.7 Å². The molecule has 4 nitrogen and oxygen atoms in total. The van der Waals surface area contributed by atoms with Crippen molar-refractivity contribution in [2.75, 3.05) is 0 Å². The molecule has 0 bridgehead atoms. The summed E-state index contributed by atoms with van der Waals surface area (Å²) in [6.07, 6.45) is 12.3. The third-order valence-electron chi connectivity index (χ3n) is 9.59. The fraction of sp³-hybridized carbons (Fsp3) is 0.0222. The number of nitrogens with zero attached hydrogens (tertiary/aromatic N) is 2. The molecule has 0 spiro atoms. The van der Waals surface area contributed by atoms with Crippen molar-refractivity contribution in [2.24, 2.45) is 0 Å². The Bertz CT molecular complexity index is 2880. The van der Waals surface area contributed by atoms with Crippen LogP contribution in [0.3, 0.4) is 0 Å². The van der Waals surface area contributed by atoms with Crippen LogP contribution in [0.25, 0.3) is 82.5 Å².